The average molecular weight is 629 g/mol. The Morgan fingerprint density at radius 1 is 0.955 bits per heavy atom. The Kier molecular flexibility index (Phi) is 7.81. The van der Waals surface area contributed by atoms with Crippen molar-refractivity contribution < 1.29 is 27.1 Å². The molecule has 2 saturated heterocycles. The van der Waals surface area contributed by atoms with E-state index in [0.29, 0.717) is 45.1 Å². The van der Waals surface area contributed by atoms with Gasteiger partial charge in [-0.25, -0.2) is 22.2 Å². The minimum atomic E-state index is -3.76. The summed E-state index contributed by atoms with van der Waals surface area (Å²) in [6.45, 7) is 3.11. The van der Waals surface area contributed by atoms with Crippen molar-refractivity contribution in [3.05, 3.63) is 47.5 Å². The van der Waals surface area contributed by atoms with Crippen LogP contribution in [0.15, 0.2) is 36.4 Å². The lowest BCUT2D eigenvalue weighted by molar-refractivity contribution is -0.0220. The molecule has 5 N–H and O–H groups in total. The van der Waals surface area contributed by atoms with E-state index >= 15 is 0 Å². The first-order chi connectivity index (χ1) is 20.9. The lowest BCUT2D eigenvalue weighted by atomic mass is 9.93. The zero-order valence-corrected chi connectivity index (χ0v) is 25.5. The average Bonchev–Trinajstić information content (AvgIpc) is 3.72. The summed E-state index contributed by atoms with van der Waals surface area (Å²) < 4.78 is 55.2. The molecule has 1 spiro atoms. The molecule has 10 nitrogen and oxygen atoms in total. The second-order valence-electron chi connectivity index (χ2n) is 12.4. The number of nitrogens with zero attached hydrogens (tertiary/aromatic N) is 3. The number of carbonyl (C=O) groups is 1. The van der Waals surface area contributed by atoms with E-state index in [2.05, 4.69) is 19.9 Å². The van der Waals surface area contributed by atoms with Crippen LogP contribution < -0.4 is 25.6 Å². The molecule has 6 rings (SSSR count). The topological polar surface area (TPSA) is 141 Å². The van der Waals surface area contributed by atoms with Crippen LogP contribution in [-0.2, 0) is 10.0 Å². The maximum Gasteiger partial charge on any atom is 0.257 e. The molecule has 2 aliphatic heterocycles. The number of nitrogen functional groups attached to an aromatic ring is 1. The van der Waals surface area contributed by atoms with E-state index in [9.17, 15) is 22.0 Å². The van der Waals surface area contributed by atoms with Gasteiger partial charge in [0.15, 0.2) is 0 Å². The smallest absolute Gasteiger partial charge is 0.257 e. The molecule has 1 amide bonds. The summed E-state index contributed by atoms with van der Waals surface area (Å²) in [5.41, 5.74) is 10.3. The van der Waals surface area contributed by atoms with Gasteiger partial charge < -0.3 is 26.0 Å². The largest absolute Gasteiger partial charge is 0.395 e. The van der Waals surface area contributed by atoms with Gasteiger partial charge in [-0.15, -0.1) is 0 Å². The Morgan fingerprint density at radius 2 is 1.59 bits per heavy atom. The van der Waals surface area contributed by atoms with Gasteiger partial charge in [-0.2, -0.15) is 0 Å². The molecule has 3 fully saturated rings. The zero-order chi connectivity index (χ0) is 31.3. The van der Waals surface area contributed by atoms with E-state index < -0.39 is 28.3 Å². The molecule has 1 saturated carbocycles. The fourth-order valence-corrected chi connectivity index (χ4v) is 7.10. The van der Waals surface area contributed by atoms with Gasteiger partial charge in [-0.1, -0.05) is 0 Å². The maximum absolute atomic E-state index is 14.0. The van der Waals surface area contributed by atoms with Crippen molar-refractivity contribution in [2.75, 3.05) is 64.1 Å². The van der Waals surface area contributed by atoms with Crippen molar-refractivity contribution in [3.63, 3.8) is 0 Å². The minimum Gasteiger partial charge on any atom is -0.395 e. The number of anilines is 5. The Balaban J connectivity index is 1.33. The second kappa shape index (κ2) is 11.3. The first-order valence-electron chi connectivity index (χ1n) is 15.0. The summed E-state index contributed by atoms with van der Waals surface area (Å²) in [6, 6.07) is 10.2. The van der Waals surface area contributed by atoms with Gasteiger partial charge in [0.05, 0.1) is 40.5 Å². The molecule has 0 unspecified atom stereocenters. The third-order valence-electron chi connectivity index (χ3n) is 9.22. The monoisotopic (exact) mass is 628 g/mol. The standard InChI is InChI=1S/C31H38F2N6O4S/c1-20-16-21-17-23(19-26(27(21)36-28(20)34)39-12-8-31(32,33)9-13-39)35-29(41)24-3-2-22(37-44(42,43)15-14-40)18-25(24)38-10-6-30(4-5-30)7-11-38/h2-3,16-19,37,40H,4-15H2,1H3,(H2,34,36)(H,35,41). The predicted octanol–water partition coefficient (Wildman–Crippen LogP) is 4.73. The summed E-state index contributed by atoms with van der Waals surface area (Å²) in [5, 5.41) is 12.9. The third-order valence-corrected chi connectivity index (χ3v) is 10.5. The number of alkyl halides is 2. The van der Waals surface area contributed by atoms with Crippen LogP contribution in [0.1, 0.15) is 54.4 Å². The van der Waals surface area contributed by atoms with Crippen molar-refractivity contribution in [2.24, 2.45) is 5.41 Å². The number of aliphatic hydroxyl groups excluding tert-OH is 1. The number of hydrogen-bond acceptors (Lipinski definition) is 8. The molecule has 3 aromatic rings. The number of piperidine rings is 2. The van der Waals surface area contributed by atoms with E-state index in [1.165, 1.54) is 18.9 Å². The maximum atomic E-state index is 14.0. The number of nitrogens with one attached hydrogen (secondary N) is 2. The number of hydrogen-bond donors (Lipinski definition) is 4. The number of aryl methyl sites for hydroxylation is 1. The summed E-state index contributed by atoms with van der Waals surface area (Å²) >= 11 is 0. The highest BCUT2D eigenvalue weighted by Gasteiger charge is 2.44. The Bertz CT molecular complexity index is 1690. The van der Waals surface area contributed by atoms with Crippen molar-refractivity contribution in [2.45, 2.75) is 51.4 Å². The molecule has 0 atom stereocenters. The Labute approximate surface area is 255 Å². The van der Waals surface area contributed by atoms with Crippen molar-refractivity contribution in [1.29, 1.82) is 0 Å². The van der Waals surface area contributed by atoms with Gasteiger partial charge >= 0.3 is 0 Å². The molecule has 1 aromatic heterocycles. The van der Waals surface area contributed by atoms with Crippen molar-refractivity contribution >= 4 is 55.4 Å². The molecule has 0 radical (unpaired) electrons. The van der Waals surface area contributed by atoms with Gasteiger partial charge in [-0.3, -0.25) is 9.52 Å². The number of nitrogens with two attached hydrogens (primary N) is 1. The van der Waals surface area contributed by atoms with Crippen LogP contribution in [0.4, 0.5) is 37.3 Å². The number of rotatable bonds is 8. The van der Waals surface area contributed by atoms with E-state index in [1.807, 2.05) is 17.9 Å². The van der Waals surface area contributed by atoms with Gasteiger partial charge in [0.1, 0.15) is 5.82 Å². The van der Waals surface area contributed by atoms with Crippen molar-refractivity contribution in [1.82, 2.24) is 4.98 Å². The first kappa shape index (κ1) is 30.3. The lowest BCUT2D eigenvalue weighted by Gasteiger charge is -2.35. The Morgan fingerprint density at radius 3 is 2.25 bits per heavy atom. The first-order valence-corrected chi connectivity index (χ1v) is 16.7. The van der Waals surface area contributed by atoms with Crippen LogP contribution in [0.25, 0.3) is 10.9 Å². The summed E-state index contributed by atoms with van der Waals surface area (Å²) in [5.74, 6) is -3.18. The van der Waals surface area contributed by atoms with E-state index in [4.69, 9.17) is 10.8 Å². The van der Waals surface area contributed by atoms with Crippen LogP contribution in [0, 0.1) is 12.3 Å². The molecule has 44 heavy (non-hydrogen) atoms. The van der Waals surface area contributed by atoms with Crippen LogP contribution in [0.5, 0.6) is 0 Å². The fourth-order valence-electron chi connectivity index (χ4n) is 6.27. The molecule has 1 aliphatic carbocycles. The minimum absolute atomic E-state index is 0.142. The summed E-state index contributed by atoms with van der Waals surface area (Å²) in [4.78, 5) is 22.4. The fraction of sp³-hybridized carbons (Fsp3) is 0.484. The van der Waals surface area contributed by atoms with Crippen LogP contribution in [0.2, 0.25) is 0 Å². The van der Waals surface area contributed by atoms with Crippen LogP contribution in [0.3, 0.4) is 0 Å². The molecule has 13 heteroatoms. The normalized spacial score (nSPS) is 19.3. The molecular weight excluding hydrogens is 590 g/mol. The zero-order valence-electron chi connectivity index (χ0n) is 24.7. The number of carbonyl (C=O) groups excluding carboxylic acids is 1. The van der Waals surface area contributed by atoms with Crippen LogP contribution >= 0.6 is 0 Å². The van der Waals surface area contributed by atoms with E-state index in [-0.39, 0.29) is 31.8 Å². The number of aliphatic hydroxyl groups is 1. The van der Waals surface area contributed by atoms with Gasteiger partial charge in [0.2, 0.25) is 10.0 Å². The number of benzene rings is 2. The van der Waals surface area contributed by atoms with Crippen LogP contribution in [-0.4, -0.2) is 68.9 Å². The van der Waals surface area contributed by atoms with Gasteiger partial charge in [0.25, 0.3) is 11.8 Å². The SMILES string of the molecule is Cc1cc2cc(NC(=O)c3ccc(NS(=O)(=O)CCO)cc3N3CCC4(CC3)CC4)cc(N3CCC(F)(F)CC3)c2nc1N. The molecule has 2 aromatic carbocycles. The molecule has 0 bridgehead atoms. The highest BCUT2D eigenvalue weighted by molar-refractivity contribution is 7.92. The molecule has 236 valence electrons. The predicted molar refractivity (Wildman–Crippen MR) is 169 cm³/mol. The highest BCUT2D eigenvalue weighted by Crippen LogP contribution is 2.54. The second-order valence-corrected chi connectivity index (χ2v) is 14.3. The number of aromatic nitrogens is 1. The number of amides is 1. The highest BCUT2D eigenvalue weighted by atomic mass is 32.2. The number of sulfonamides is 1. The molecule has 3 aliphatic rings. The van der Waals surface area contributed by atoms with Gasteiger partial charge in [-0.05, 0) is 80.0 Å². The quantitative estimate of drug-likeness (QED) is 0.281. The lowest BCUT2D eigenvalue weighted by Crippen LogP contribution is -2.39. The number of fused-ring (bicyclic) bond motifs is 1. The van der Waals surface area contributed by atoms with Gasteiger partial charge in [0, 0.05) is 50.1 Å². The van der Waals surface area contributed by atoms with E-state index in [0.717, 1.165) is 36.9 Å². The summed E-state index contributed by atoms with van der Waals surface area (Å²) in [7, 11) is -3.76. The summed E-state index contributed by atoms with van der Waals surface area (Å²) in [6.07, 6.45) is 3.89. The molecular formula is C31H38F2N6O4S. The molecule has 3 heterocycles. The number of halogens is 2. The van der Waals surface area contributed by atoms with Crippen molar-refractivity contribution in [3.8, 4) is 0 Å². The Hall–Kier alpha value is -3.71. The van der Waals surface area contributed by atoms with E-state index in [1.54, 1.807) is 24.3 Å². The number of pyridine rings is 1. The third kappa shape index (κ3) is 6.39.